The number of morpholine rings is 1. The van der Waals surface area contributed by atoms with Crippen LogP contribution < -0.4 is 42.5 Å². The van der Waals surface area contributed by atoms with E-state index in [-0.39, 0.29) is 47.6 Å². The van der Waals surface area contributed by atoms with Crippen molar-refractivity contribution in [3.05, 3.63) is 311 Å². The summed E-state index contributed by atoms with van der Waals surface area (Å²) in [6, 6.07) is 66.3. The molecule has 4 amide bonds. The average molecular weight is 1930 g/mol. The number of carbonyl (C=O) groups excluding carboxylic acids is 4. The molecule has 8 N–H and O–H groups in total. The molecule has 16 aromatic rings. The lowest BCUT2D eigenvalue weighted by Crippen LogP contribution is -2.43. The Morgan fingerprint density at radius 1 is 0.350 bits per heavy atom. The fraction of sp³-hybridized carbons (Fsp3) is 0.262. The summed E-state index contributed by atoms with van der Waals surface area (Å²) >= 11 is 6.16. The second-order valence-corrected chi connectivity index (χ2v) is 34.9. The predicted octanol–water partition coefficient (Wildman–Crippen LogP) is 21.3. The molecule has 140 heavy (non-hydrogen) atoms. The maximum Gasteiger partial charge on any atom is 0.416 e. The molecule has 2 aliphatic heterocycles. The molecule has 20 rings (SSSR count). The van der Waals surface area contributed by atoms with Gasteiger partial charge in [-0.3, -0.25) is 24.1 Å². The van der Waals surface area contributed by atoms with Crippen LogP contribution in [0.15, 0.2) is 267 Å². The van der Waals surface area contributed by atoms with Crippen LogP contribution in [0.1, 0.15) is 135 Å². The molecule has 4 aliphatic rings. The zero-order valence-corrected chi connectivity index (χ0v) is 76.6. The number of rotatable bonds is 22. The van der Waals surface area contributed by atoms with E-state index in [1.54, 1.807) is 150 Å². The van der Waals surface area contributed by atoms with Crippen molar-refractivity contribution in [1.29, 1.82) is 0 Å². The van der Waals surface area contributed by atoms with Crippen LogP contribution in [0.3, 0.4) is 0 Å². The Labute approximate surface area is 803 Å². The van der Waals surface area contributed by atoms with E-state index in [2.05, 4.69) is 99.7 Å². The number of benzene rings is 8. The number of likely N-dealkylation sites (tertiary alicyclic amines) is 1. The first kappa shape index (κ1) is 96.5. The number of aromatic nitrogens is 12. The summed E-state index contributed by atoms with van der Waals surface area (Å²) in [5, 5.41) is 43.2. The van der Waals surface area contributed by atoms with Crippen molar-refractivity contribution in [2.24, 2.45) is 0 Å². The van der Waals surface area contributed by atoms with Crippen molar-refractivity contribution >= 4 is 104 Å². The van der Waals surface area contributed by atoms with Crippen LogP contribution in [-0.4, -0.2) is 169 Å². The standard InChI is InChI=1S/C26H25F3N6O2.C26H25F3N6O.C26H24F3N5O.C25H24ClN5O/c27-26(28,29)20-4-1-3-19(17-20)22-5-2-11-35-23(22)32-25(33-35)31-21-8-6-18(7-9-21)24(36)30-10-12-34-13-15-37-16-14-34;1-34-14-11-21(12-15-34)30-24(36)17-7-9-20(10-8-17)31-25-32-23-22(6-3-13-35(23)33-25)18-4-2-5-19(16-18)26(27,28)29;27-26(28,29)19-7-4-6-18(16-19)22-10-5-15-34-23(22)32-25(33-34)31-21-13-11-17(12-14-21)24(35)30-20-8-2-1-3-9-20;26-19-7-4-6-18(16-19)22-10-5-15-31-23(22)29-25(30-31)28-21-13-11-17(12-14-21)24(32)27-20-8-2-1-3-9-20/h1-9,11,17H,10,12-16H2,(H,30,36)(H,31,33);2-10,13,16,21H,11-12,14-15H2,1H3,(H,30,36)(H,31,33);4-7,10-16,20H,1-3,8-9H2,(H,30,35)(H,31,33);4-7,10-16,20H,1-3,8-9H2,(H,27,32)(H,28,30). The number of hydrogen-bond donors (Lipinski definition) is 8. The van der Waals surface area contributed by atoms with Gasteiger partial charge in [-0.1, -0.05) is 98.7 Å². The van der Waals surface area contributed by atoms with Crippen molar-refractivity contribution in [2.45, 2.75) is 114 Å². The van der Waals surface area contributed by atoms with Crippen LogP contribution in [0.4, 0.5) is 86.1 Å². The molecule has 10 heterocycles. The molecule has 2 saturated carbocycles. The third-order valence-corrected chi connectivity index (χ3v) is 24.7. The van der Waals surface area contributed by atoms with Gasteiger partial charge >= 0.3 is 18.5 Å². The van der Waals surface area contributed by atoms with Crippen LogP contribution >= 0.6 is 11.6 Å². The van der Waals surface area contributed by atoms with Crippen molar-refractivity contribution < 1.29 is 63.4 Å². The first-order chi connectivity index (χ1) is 67.6. The molecule has 2 saturated heterocycles. The smallest absolute Gasteiger partial charge is 0.379 e. The molecule has 37 heteroatoms. The van der Waals surface area contributed by atoms with Gasteiger partial charge in [0, 0.05) is 141 Å². The van der Waals surface area contributed by atoms with Gasteiger partial charge in [-0.15, -0.1) is 20.4 Å². The number of nitrogens with one attached hydrogen (secondary N) is 8. The SMILES string of the molecule is CN1CCC(NC(=O)c2ccc(Nc3nc4c(-c5cccc(C(F)(F)F)c5)cccn4n3)cc2)CC1.O=C(NC1CCCCC1)c1ccc(Nc2nc3c(-c4cccc(C(F)(F)F)c4)cccn3n2)cc1.O=C(NC1CCCCC1)c1ccc(Nc2nc3c(-c4cccc(Cl)c4)cccn3n2)cc1.O=C(NCCN1CCOCC1)c1ccc(Nc2nc3c(-c4cccc(C(F)(F)F)c4)cccn3n2)cc1. The van der Waals surface area contributed by atoms with Crippen molar-refractivity contribution in [2.75, 3.05) is 80.8 Å². The number of pyridine rings is 4. The number of ether oxygens (including phenoxy) is 1. The van der Waals surface area contributed by atoms with Gasteiger partial charge in [0.05, 0.1) is 29.9 Å². The Morgan fingerprint density at radius 3 is 0.950 bits per heavy atom. The number of nitrogens with zero attached hydrogens (tertiary/aromatic N) is 14. The molecule has 2 aliphatic carbocycles. The molecule has 4 fully saturated rings. The maximum absolute atomic E-state index is 13.2. The van der Waals surface area contributed by atoms with Gasteiger partial charge in [0.15, 0.2) is 22.6 Å². The number of hydrogen-bond acceptors (Lipinski definition) is 19. The average Bonchev–Trinajstić information content (AvgIpc) is 1.63. The quantitative estimate of drug-likeness (QED) is 0.0292. The fourth-order valence-corrected chi connectivity index (χ4v) is 17.2. The van der Waals surface area contributed by atoms with Crippen LogP contribution in [0.2, 0.25) is 5.02 Å². The van der Waals surface area contributed by atoms with Crippen molar-refractivity contribution in [3.63, 3.8) is 0 Å². The maximum atomic E-state index is 13.2. The third kappa shape index (κ3) is 24.9. The minimum Gasteiger partial charge on any atom is -0.379 e. The van der Waals surface area contributed by atoms with Gasteiger partial charge in [0.25, 0.3) is 23.6 Å². The highest BCUT2D eigenvalue weighted by Gasteiger charge is 2.34. The molecule has 27 nitrogen and oxygen atoms in total. The predicted molar refractivity (Wildman–Crippen MR) is 519 cm³/mol. The number of alkyl halides is 9. The van der Waals surface area contributed by atoms with Crippen molar-refractivity contribution in [1.82, 2.24) is 89.5 Å². The second-order valence-electron chi connectivity index (χ2n) is 34.4. The first-order valence-electron chi connectivity index (χ1n) is 46.0. The number of anilines is 8. The minimum atomic E-state index is -4.44. The van der Waals surface area contributed by atoms with Gasteiger partial charge in [0.1, 0.15) is 0 Å². The zero-order valence-electron chi connectivity index (χ0n) is 75.9. The second kappa shape index (κ2) is 43.7. The Morgan fingerprint density at radius 2 is 0.643 bits per heavy atom. The lowest BCUT2D eigenvalue weighted by atomic mass is 9.95. The summed E-state index contributed by atoms with van der Waals surface area (Å²) in [6.07, 6.45) is 6.84. The largest absolute Gasteiger partial charge is 0.416 e. The highest BCUT2D eigenvalue weighted by Crippen LogP contribution is 2.39. The van der Waals surface area contributed by atoms with E-state index in [1.807, 2.05) is 66.9 Å². The molecule has 720 valence electrons. The van der Waals surface area contributed by atoms with Gasteiger partial charge in [0.2, 0.25) is 23.8 Å². The van der Waals surface area contributed by atoms with Crippen LogP contribution in [0, 0.1) is 0 Å². The van der Waals surface area contributed by atoms with E-state index >= 15 is 0 Å². The molecule has 0 unspecified atom stereocenters. The molecule has 0 radical (unpaired) electrons. The topological polar surface area (TPSA) is 301 Å². The monoisotopic (exact) mass is 1930 g/mol. The van der Waals surface area contributed by atoms with Gasteiger partial charge in [-0.25, -0.2) is 18.1 Å². The Kier molecular flexibility index (Phi) is 30.1. The van der Waals surface area contributed by atoms with E-state index in [0.717, 1.165) is 156 Å². The summed E-state index contributed by atoms with van der Waals surface area (Å²) in [5.74, 6) is 0.993. The Balaban J connectivity index is 0.000000129. The van der Waals surface area contributed by atoms with Gasteiger partial charge in [-0.05, 0) is 275 Å². The van der Waals surface area contributed by atoms with E-state index in [4.69, 9.17) is 16.3 Å². The number of carbonyl (C=O) groups is 4. The Bertz CT molecular complexity index is 7010. The van der Waals surface area contributed by atoms with Crippen molar-refractivity contribution in [3.8, 4) is 44.5 Å². The van der Waals surface area contributed by atoms with E-state index in [0.29, 0.717) is 119 Å². The number of piperidine rings is 1. The highest BCUT2D eigenvalue weighted by molar-refractivity contribution is 6.30. The summed E-state index contributed by atoms with van der Waals surface area (Å²) < 4.78 is 130. The summed E-state index contributed by atoms with van der Waals surface area (Å²) in [4.78, 5) is 72.7. The first-order valence-corrected chi connectivity index (χ1v) is 46.4. The van der Waals surface area contributed by atoms with Crippen LogP contribution in [-0.2, 0) is 23.3 Å². The van der Waals surface area contributed by atoms with Gasteiger partial charge in [-0.2, -0.15) is 59.4 Å². The fourth-order valence-electron chi connectivity index (χ4n) is 17.0. The molecule has 8 aromatic carbocycles. The lowest BCUT2D eigenvalue weighted by molar-refractivity contribution is -0.138. The minimum absolute atomic E-state index is 0.0135. The third-order valence-electron chi connectivity index (χ3n) is 24.5. The van der Waals surface area contributed by atoms with Gasteiger partial charge < -0.3 is 52.2 Å². The summed E-state index contributed by atoms with van der Waals surface area (Å²) in [6.45, 7) is 6.44. The molecule has 0 spiro atoms. The summed E-state index contributed by atoms with van der Waals surface area (Å²) in [7, 11) is 2.08. The molecule has 8 aromatic heterocycles. The lowest BCUT2D eigenvalue weighted by Gasteiger charge is -2.29. The van der Waals surface area contributed by atoms with E-state index in [9.17, 15) is 58.7 Å². The Hall–Kier alpha value is -15.1. The highest BCUT2D eigenvalue weighted by atomic mass is 35.5. The van der Waals surface area contributed by atoms with Crippen LogP contribution in [0.25, 0.3) is 67.1 Å². The number of amides is 4. The van der Waals surface area contributed by atoms with E-state index < -0.39 is 35.2 Å². The molecular formula is C103H98ClF9N22O5. The summed E-state index contributed by atoms with van der Waals surface area (Å²) in [5.41, 5.74) is 9.75. The van der Waals surface area contributed by atoms with E-state index in [1.165, 1.54) is 57.4 Å². The normalized spacial score (nSPS) is 14.7. The molecule has 0 bridgehead atoms. The zero-order chi connectivity index (χ0) is 97.4. The van der Waals surface area contributed by atoms with Crippen LogP contribution in [0.5, 0.6) is 0 Å². The molecule has 0 atom stereocenters. The molecular weight excluding hydrogens is 1830 g/mol. The number of fused-ring (bicyclic) bond motifs is 4. The number of halogens is 10.